The van der Waals surface area contributed by atoms with Gasteiger partial charge in [-0.1, -0.05) is 20.3 Å². The van der Waals surface area contributed by atoms with Crippen LogP contribution in [0.4, 0.5) is 0 Å². The molecule has 0 aliphatic carbocycles. The second kappa shape index (κ2) is 7.77. The fraction of sp³-hybridized carbons (Fsp3) is 0.846. The lowest BCUT2D eigenvalue weighted by atomic mass is 9.77. The second-order valence-electron chi connectivity index (χ2n) is 5.82. The van der Waals surface area contributed by atoms with Crippen LogP contribution in [0.5, 0.6) is 0 Å². The molecule has 1 rings (SSSR count). The fourth-order valence-corrected chi connectivity index (χ4v) is 2.52. The number of rotatable bonds is 6. The maximum absolute atomic E-state index is 12.7. The van der Waals surface area contributed by atoms with Crippen molar-refractivity contribution < 1.29 is 19.6 Å². The van der Waals surface area contributed by atoms with Crippen molar-refractivity contribution in [1.29, 1.82) is 0 Å². The van der Waals surface area contributed by atoms with Crippen molar-refractivity contribution in [3.63, 3.8) is 0 Å². The van der Waals surface area contributed by atoms with Crippen LogP contribution < -0.4 is 11.1 Å². The number of nitrogens with two attached hydrogens (primary N) is 1. The highest BCUT2D eigenvalue weighted by molar-refractivity contribution is 6.43. The van der Waals surface area contributed by atoms with Crippen molar-refractivity contribution in [1.82, 2.24) is 10.2 Å². The molecule has 0 aromatic heterocycles. The Kier molecular flexibility index (Phi) is 6.63. The Balaban J connectivity index is 2.87. The van der Waals surface area contributed by atoms with Crippen LogP contribution in [0.15, 0.2) is 0 Å². The third-order valence-electron chi connectivity index (χ3n) is 4.12. The largest absolute Gasteiger partial charge is 0.475 e. The Labute approximate surface area is 126 Å². The first-order chi connectivity index (χ1) is 9.79. The number of carbonyl (C=O) groups is 2. The van der Waals surface area contributed by atoms with Crippen LogP contribution in [-0.2, 0) is 9.59 Å². The molecular formula is C13H26BN3O4. The van der Waals surface area contributed by atoms with Gasteiger partial charge < -0.3 is 26.0 Å². The van der Waals surface area contributed by atoms with Crippen LogP contribution in [0.25, 0.3) is 0 Å². The van der Waals surface area contributed by atoms with E-state index < -0.39 is 25.1 Å². The van der Waals surface area contributed by atoms with Gasteiger partial charge in [0, 0.05) is 6.54 Å². The SMILES string of the molecule is CCC(C)C(NC(=O)C(C)N)C(=O)N1CCCC1B(O)O. The average Bonchev–Trinajstić information content (AvgIpc) is 2.92. The molecule has 4 unspecified atom stereocenters. The number of amides is 2. The van der Waals surface area contributed by atoms with Gasteiger partial charge in [0.15, 0.2) is 0 Å². The summed E-state index contributed by atoms with van der Waals surface area (Å²) in [6, 6.07) is -1.38. The quantitative estimate of drug-likeness (QED) is 0.463. The van der Waals surface area contributed by atoms with E-state index in [9.17, 15) is 19.6 Å². The number of nitrogens with zero attached hydrogens (tertiary/aromatic N) is 1. The summed E-state index contributed by atoms with van der Waals surface area (Å²) in [7, 11) is -1.56. The van der Waals surface area contributed by atoms with E-state index >= 15 is 0 Å². The average molecular weight is 299 g/mol. The summed E-state index contributed by atoms with van der Waals surface area (Å²) in [5.74, 6) is -1.31. The molecule has 8 heteroatoms. The third kappa shape index (κ3) is 4.42. The van der Waals surface area contributed by atoms with Gasteiger partial charge in [0.1, 0.15) is 6.04 Å². The van der Waals surface area contributed by atoms with E-state index in [-0.39, 0.29) is 17.7 Å². The van der Waals surface area contributed by atoms with Gasteiger partial charge in [-0.15, -0.1) is 0 Å². The lowest BCUT2D eigenvalue weighted by molar-refractivity contribution is -0.138. The van der Waals surface area contributed by atoms with E-state index in [0.29, 0.717) is 13.0 Å². The lowest BCUT2D eigenvalue weighted by Gasteiger charge is -2.32. The van der Waals surface area contributed by atoms with Crippen molar-refractivity contribution >= 4 is 18.9 Å². The summed E-state index contributed by atoms with van der Waals surface area (Å²) in [4.78, 5) is 25.9. The van der Waals surface area contributed by atoms with Gasteiger partial charge in [-0.3, -0.25) is 9.59 Å². The fourth-order valence-electron chi connectivity index (χ4n) is 2.52. The van der Waals surface area contributed by atoms with Gasteiger partial charge in [0.25, 0.3) is 0 Å². The molecule has 2 amide bonds. The predicted molar refractivity (Wildman–Crippen MR) is 80.0 cm³/mol. The Bertz CT molecular complexity index is 378. The third-order valence-corrected chi connectivity index (χ3v) is 4.12. The topological polar surface area (TPSA) is 116 Å². The zero-order valence-corrected chi connectivity index (χ0v) is 13.0. The molecule has 120 valence electrons. The summed E-state index contributed by atoms with van der Waals surface area (Å²) in [5, 5.41) is 21.4. The van der Waals surface area contributed by atoms with Crippen LogP contribution in [0.2, 0.25) is 0 Å². The van der Waals surface area contributed by atoms with E-state index in [1.807, 2.05) is 13.8 Å². The van der Waals surface area contributed by atoms with Crippen molar-refractivity contribution in [3.8, 4) is 0 Å². The van der Waals surface area contributed by atoms with E-state index in [1.54, 1.807) is 6.92 Å². The molecule has 0 spiro atoms. The van der Waals surface area contributed by atoms with Gasteiger partial charge in [0.05, 0.1) is 12.0 Å². The predicted octanol–water partition coefficient (Wildman–Crippen LogP) is -1.13. The number of hydrogen-bond donors (Lipinski definition) is 4. The number of hydrogen-bond acceptors (Lipinski definition) is 5. The zero-order chi connectivity index (χ0) is 16.2. The first-order valence-corrected chi connectivity index (χ1v) is 7.52. The van der Waals surface area contributed by atoms with E-state index in [2.05, 4.69) is 5.32 Å². The lowest BCUT2D eigenvalue weighted by Crippen LogP contribution is -2.57. The van der Waals surface area contributed by atoms with E-state index in [1.165, 1.54) is 4.90 Å². The zero-order valence-electron chi connectivity index (χ0n) is 13.0. The smallest absolute Gasteiger partial charge is 0.426 e. The molecule has 5 N–H and O–H groups in total. The van der Waals surface area contributed by atoms with Crippen molar-refractivity contribution in [2.45, 2.75) is 58.1 Å². The number of carbonyl (C=O) groups excluding carboxylic acids is 2. The molecule has 1 heterocycles. The maximum Gasteiger partial charge on any atom is 0.475 e. The van der Waals surface area contributed by atoms with Crippen molar-refractivity contribution in [2.75, 3.05) is 6.54 Å². The van der Waals surface area contributed by atoms with Crippen LogP contribution in [-0.4, -0.2) is 58.5 Å². The first kappa shape index (κ1) is 17.9. The molecule has 0 aromatic rings. The van der Waals surface area contributed by atoms with Crippen LogP contribution in [0.1, 0.15) is 40.0 Å². The molecule has 0 aromatic carbocycles. The minimum absolute atomic E-state index is 0.0581. The maximum atomic E-state index is 12.7. The number of likely N-dealkylation sites (tertiary alicyclic amines) is 1. The highest BCUT2D eigenvalue weighted by Gasteiger charge is 2.40. The van der Waals surface area contributed by atoms with Crippen molar-refractivity contribution in [2.24, 2.45) is 11.7 Å². The second-order valence-corrected chi connectivity index (χ2v) is 5.82. The highest BCUT2D eigenvalue weighted by atomic mass is 16.4. The van der Waals surface area contributed by atoms with Crippen LogP contribution in [0.3, 0.4) is 0 Å². The summed E-state index contributed by atoms with van der Waals surface area (Å²) in [6.07, 6.45) is 2.00. The molecule has 1 saturated heterocycles. The standard InChI is InChI=1S/C13H26BN3O4/c1-4-8(2)11(16-12(18)9(3)15)13(19)17-7-5-6-10(17)14(20)21/h8-11,20-21H,4-7,15H2,1-3H3,(H,16,18). The van der Waals surface area contributed by atoms with Gasteiger partial charge in [-0.2, -0.15) is 0 Å². The van der Waals surface area contributed by atoms with Gasteiger partial charge in [-0.25, -0.2) is 0 Å². The molecule has 21 heavy (non-hydrogen) atoms. The van der Waals surface area contributed by atoms with Crippen LogP contribution in [0, 0.1) is 5.92 Å². The summed E-state index contributed by atoms with van der Waals surface area (Å²) < 4.78 is 0. The molecule has 1 aliphatic heterocycles. The van der Waals surface area contributed by atoms with Gasteiger partial charge >= 0.3 is 7.12 Å². The minimum Gasteiger partial charge on any atom is -0.426 e. The molecular weight excluding hydrogens is 273 g/mol. The summed E-state index contributed by atoms with van der Waals surface area (Å²) >= 11 is 0. The highest BCUT2D eigenvalue weighted by Crippen LogP contribution is 2.21. The summed E-state index contributed by atoms with van der Waals surface area (Å²) in [5.41, 5.74) is 5.54. The Morgan fingerprint density at radius 2 is 2.05 bits per heavy atom. The molecule has 7 nitrogen and oxygen atoms in total. The Hall–Kier alpha value is -1.12. The Morgan fingerprint density at radius 1 is 1.43 bits per heavy atom. The van der Waals surface area contributed by atoms with Crippen LogP contribution >= 0.6 is 0 Å². The molecule has 0 saturated carbocycles. The molecule has 4 atom stereocenters. The molecule has 1 aliphatic rings. The molecule has 0 radical (unpaired) electrons. The monoisotopic (exact) mass is 299 g/mol. The van der Waals surface area contributed by atoms with Gasteiger partial charge in [-0.05, 0) is 25.7 Å². The van der Waals surface area contributed by atoms with E-state index in [0.717, 1.165) is 12.8 Å². The van der Waals surface area contributed by atoms with Crippen molar-refractivity contribution in [3.05, 3.63) is 0 Å². The Morgan fingerprint density at radius 3 is 2.52 bits per heavy atom. The molecule has 1 fully saturated rings. The van der Waals surface area contributed by atoms with Gasteiger partial charge in [0.2, 0.25) is 11.8 Å². The molecule has 0 bridgehead atoms. The van der Waals surface area contributed by atoms with E-state index in [4.69, 9.17) is 5.73 Å². The summed E-state index contributed by atoms with van der Waals surface area (Å²) in [6.45, 7) is 5.85. The number of nitrogens with one attached hydrogen (secondary N) is 1. The minimum atomic E-state index is -1.56. The first-order valence-electron chi connectivity index (χ1n) is 7.52. The normalized spacial score (nSPS) is 22.6.